The predicted octanol–water partition coefficient (Wildman–Crippen LogP) is 5.54. The number of halogens is 1. The topological polar surface area (TPSA) is 58.6 Å². The zero-order valence-corrected chi connectivity index (χ0v) is 19.6. The molecule has 0 spiro atoms. The number of hydrogen-bond acceptors (Lipinski definition) is 4. The van der Waals surface area contributed by atoms with Crippen LogP contribution in [0.2, 0.25) is 5.02 Å². The summed E-state index contributed by atoms with van der Waals surface area (Å²) in [5, 5.41) is 3.72. The van der Waals surface area contributed by atoms with Crippen LogP contribution in [0.1, 0.15) is 22.3 Å². The lowest BCUT2D eigenvalue weighted by Gasteiger charge is -2.16. The molecule has 3 aromatic rings. The summed E-state index contributed by atoms with van der Waals surface area (Å²) in [6.45, 7) is 6.25. The summed E-state index contributed by atoms with van der Waals surface area (Å²) in [5.41, 5.74) is 5.03. The van der Waals surface area contributed by atoms with Crippen molar-refractivity contribution in [2.24, 2.45) is 0 Å². The van der Waals surface area contributed by atoms with Gasteiger partial charge in [-0.05, 0) is 67.3 Å². The van der Waals surface area contributed by atoms with Crippen LogP contribution in [-0.2, 0) is 9.59 Å². The minimum absolute atomic E-state index is 0.140. The first-order valence-electron chi connectivity index (χ1n) is 10.7. The fourth-order valence-electron chi connectivity index (χ4n) is 3.90. The average molecular weight is 461 g/mol. The number of amides is 2. The third kappa shape index (κ3) is 4.94. The fraction of sp³-hybridized carbons (Fsp3) is 0.185. The van der Waals surface area contributed by atoms with E-state index < -0.39 is 0 Å². The van der Waals surface area contributed by atoms with Crippen molar-refractivity contribution >= 4 is 34.7 Å². The smallest absolute Gasteiger partial charge is 0.278 e. The van der Waals surface area contributed by atoms with Gasteiger partial charge < -0.3 is 10.1 Å². The highest BCUT2D eigenvalue weighted by molar-refractivity contribution is 6.36. The first kappa shape index (κ1) is 22.6. The third-order valence-electron chi connectivity index (χ3n) is 5.47. The Morgan fingerprint density at radius 2 is 1.58 bits per heavy atom. The molecular weight excluding hydrogens is 436 g/mol. The normalized spacial score (nSPS) is 13.6. The Bertz CT molecular complexity index is 1230. The van der Waals surface area contributed by atoms with Gasteiger partial charge in [-0.25, -0.2) is 0 Å². The zero-order valence-electron chi connectivity index (χ0n) is 18.8. The van der Waals surface area contributed by atoms with Gasteiger partial charge in [-0.3, -0.25) is 14.5 Å². The quantitative estimate of drug-likeness (QED) is 0.470. The van der Waals surface area contributed by atoms with Crippen LogP contribution in [0.3, 0.4) is 0 Å². The molecule has 6 heteroatoms. The second kappa shape index (κ2) is 9.51. The van der Waals surface area contributed by atoms with E-state index in [2.05, 4.69) is 11.4 Å². The molecule has 0 saturated heterocycles. The van der Waals surface area contributed by atoms with Gasteiger partial charge in [0.1, 0.15) is 18.1 Å². The van der Waals surface area contributed by atoms with E-state index in [-0.39, 0.29) is 30.7 Å². The van der Waals surface area contributed by atoms with E-state index in [1.165, 1.54) is 4.90 Å². The van der Waals surface area contributed by atoms with Crippen molar-refractivity contribution in [3.05, 3.63) is 99.7 Å². The standard InChI is InChI=1S/C27H25ClN2O3/c1-17-13-18(2)15-22(14-17)33-12-11-30-26(31)24(20-7-5-4-6-8-20)25(27(30)32)29-23-16-21(28)10-9-19(23)3/h4-10,13-16,29H,11-12H2,1-3H3. The molecule has 1 aliphatic heterocycles. The van der Waals surface area contributed by atoms with Gasteiger partial charge >= 0.3 is 0 Å². The number of hydrogen-bond donors (Lipinski definition) is 1. The van der Waals surface area contributed by atoms with Crippen LogP contribution in [0.25, 0.3) is 5.57 Å². The molecule has 0 atom stereocenters. The molecule has 1 aliphatic rings. The number of nitrogens with zero attached hydrogens (tertiary/aromatic N) is 1. The van der Waals surface area contributed by atoms with Gasteiger partial charge in [-0.1, -0.05) is 54.1 Å². The molecule has 2 amide bonds. The second-order valence-electron chi connectivity index (χ2n) is 8.13. The maximum atomic E-state index is 13.3. The lowest BCUT2D eigenvalue weighted by molar-refractivity contribution is -0.137. The highest BCUT2D eigenvalue weighted by Gasteiger charge is 2.39. The van der Waals surface area contributed by atoms with E-state index >= 15 is 0 Å². The largest absolute Gasteiger partial charge is 0.492 e. The first-order chi connectivity index (χ1) is 15.8. The van der Waals surface area contributed by atoms with Crippen LogP contribution in [0.5, 0.6) is 5.75 Å². The van der Waals surface area contributed by atoms with Crippen molar-refractivity contribution in [2.45, 2.75) is 20.8 Å². The van der Waals surface area contributed by atoms with Crippen LogP contribution >= 0.6 is 11.6 Å². The Morgan fingerprint density at radius 1 is 0.879 bits per heavy atom. The summed E-state index contributed by atoms with van der Waals surface area (Å²) in [5.74, 6) is -0.0182. The van der Waals surface area contributed by atoms with E-state index in [0.29, 0.717) is 21.8 Å². The third-order valence-corrected chi connectivity index (χ3v) is 5.70. The Labute approximate surface area is 198 Å². The molecular formula is C27H25ClN2O3. The molecule has 168 valence electrons. The van der Waals surface area contributed by atoms with E-state index in [1.54, 1.807) is 12.1 Å². The molecule has 0 radical (unpaired) electrons. The Balaban J connectivity index is 1.60. The van der Waals surface area contributed by atoms with Crippen molar-refractivity contribution in [3.8, 4) is 5.75 Å². The van der Waals surface area contributed by atoms with Crippen molar-refractivity contribution < 1.29 is 14.3 Å². The molecule has 0 bridgehead atoms. The van der Waals surface area contributed by atoms with Crippen molar-refractivity contribution in [1.82, 2.24) is 4.90 Å². The maximum Gasteiger partial charge on any atom is 0.278 e. The number of imide groups is 1. The molecule has 3 aromatic carbocycles. The van der Waals surface area contributed by atoms with E-state index in [0.717, 1.165) is 22.4 Å². The molecule has 1 N–H and O–H groups in total. The van der Waals surface area contributed by atoms with Gasteiger partial charge in [0, 0.05) is 10.7 Å². The van der Waals surface area contributed by atoms with Crippen LogP contribution in [-0.4, -0.2) is 29.9 Å². The number of benzene rings is 3. The molecule has 0 saturated carbocycles. The van der Waals surface area contributed by atoms with Gasteiger partial charge in [0.05, 0.1) is 12.1 Å². The number of carbonyl (C=O) groups excluding carboxylic acids is 2. The lowest BCUT2D eigenvalue weighted by Crippen LogP contribution is -2.36. The fourth-order valence-corrected chi connectivity index (χ4v) is 4.07. The van der Waals surface area contributed by atoms with Gasteiger partial charge in [0.2, 0.25) is 0 Å². The minimum Gasteiger partial charge on any atom is -0.492 e. The highest BCUT2D eigenvalue weighted by Crippen LogP contribution is 2.32. The second-order valence-corrected chi connectivity index (χ2v) is 8.57. The Morgan fingerprint density at radius 3 is 2.27 bits per heavy atom. The molecule has 33 heavy (non-hydrogen) atoms. The highest BCUT2D eigenvalue weighted by atomic mass is 35.5. The summed E-state index contributed by atoms with van der Waals surface area (Å²) in [6, 6.07) is 20.5. The minimum atomic E-state index is -0.387. The van der Waals surface area contributed by atoms with E-state index in [1.807, 2.05) is 69.3 Å². The number of anilines is 1. The summed E-state index contributed by atoms with van der Waals surface area (Å²) in [4.78, 5) is 27.9. The van der Waals surface area contributed by atoms with Crippen molar-refractivity contribution in [2.75, 3.05) is 18.5 Å². The van der Waals surface area contributed by atoms with E-state index in [4.69, 9.17) is 16.3 Å². The summed E-state index contributed by atoms with van der Waals surface area (Å²) in [7, 11) is 0. The zero-order chi connectivity index (χ0) is 23.5. The summed E-state index contributed by atoms with van der Waals surface area (Å²) >= 11 is 6.16. The number of carbonyl (C=O) groups is 2. The summed E-state index contributed by atoms with van der Waals surface area (Å²) in [6.07, 6.45) is 0. The number of nitrogens with one attached hydrogen (secondary N) is 1. The molecule has 5 nitrogen and oxygen atoms in total. The van der Waals surface area contributed by atoms with Crippen molar-refractivity contribution in [1.29, 1.82) is 0 Å². The first-order valence-corrected chi connectivity index (χ1v) is 11.1. The molecule has 1 heterocycles. The van der Waals surface area contributed by atoms with E-state index in [9.17, 15) is 9.59 Å². The molecule has 0 fully saturated rings. The monoisotopic (exact) mass is 460 g/mol. The average Bonchev–Trinajstić information content (AvgIpc) is 3.00. The van der Waals surface area contributed by atoms with Gasteiger partial charge in [0.15, 0.2) is 0 Å². The molecule has 0 aliphatic carbocycles. The lowest BCUT2D eigenvalue weighted by atomic mass is 10.0. The number of aryl methyl sites for hydroxylation is 3. The van der Waals surface area contributed by atoms with Crippen molar-refractivity contribution in [3.63, 3.8) is 0 Å². The van der Waals surface area contributed by atoms with Gasteiger partial charge in [0.25, 0.3) is 11.8 Å². The Kier molecular flexibility index (Phi) is 6.52. The molecule has 0 aromatic heterocycles. The maximum absolute atomic E-state index is 13.3. The van der Waals surface area contributed by atoms with Crippen LogP contribution < -0.4 is 10.1 Å². The SMILES string of the molecule is Cc1cc(C)cc(OCCN2C(=O)C(Nc3cc(Cl)ccc3C)=C(c3ccccc3)C2=O)c1. The number of rotatable bonds is 7. The van der Waals surface area contributed by atoms with Crippen LogP contribution in [0.4, 0.5) is 5.69 Å². The molecule has 4 rings (SSSR count). The number of ether oxygens (including phenoxy) is 1. The Hall–Kier alpha value is -3.57. The predicted molar refractivity (Wildman–Crippen MR) is 131 cm³/mol. The van der Waals surface area contributed by atoms with Gasteiger partial charge in [-0.2, -0.15) is 0 Å². The van der Waals surface area contributed by atoms with Crippen LogP contribution in [0, 0.1) is 20.8 Å². The summed E-state index contributed by atoms with van der Waals surface area (Å²) < 4.78 is 5.85. The molecule has 0 unspecified atom stereocenters. The van der Waals surface area contributed by atoms with Crippen LogP contribution in [0.15, 0.2) is 72.4 Å². The van der Waals surface area contributed by atoms with Gasteiger partial charge in [-0.15, -0.1) is 0 Å².